The number of carboxylic acids is 1. The standard InChI is InChI=1S/C15H20N8O4S3/c1-22-14(19-20-21-22)29-6-15(12(26)27)5-23-9(25)3-10(23)30-11(15)18-8(24)2-7-4-28-13(16)17-7/h4,10-11,13,17H,2-3,5-6,16H2,1H3,(H,18,24)(H,26,27)/t10-,11?,13?,15?/m1/s1. The first-order valence-corrected chi connectivity index (χ1v) is 11.8. The van der Waals surface area contributed by atoms with Crippen LogP contribution in [0.3, 0.4) is 0 Å². The zero-order valence-corrected chi connectivity index (χ0v) is 18.3. The summed E-state index contributed by atoms with van der Waals surface area (Å²) in [6.07, 6.45) is 0.409. The van der Waals surface area contributed by atoms with E-state index in [1.807, 2.05) is 0 Å². The number of nitrogens with zero attached hydrogens (tertiary/aromatic N) is 5. The molecule has 0 spiro atoms. The number of aryl methyl sites for hydroxylation is 1. The van der Waals surface area contributed by atoms with Crippen LogP contribution in [0.4, 0.5) is 0 Å². The molecule has 5 N–H and O–H groups in total. The Bertz CT molecular complexity index is 910. The third-order valence-electron chi connectivity index (χ3n) is 5.06. The molecule has 3 unspecified atom stereocenters. The Morgan fingerprint density at radius 1 is 1.53 bits per heavy atom. The molecule has 1 aromatic heterocycles. The lowest BCUT2D eigenvalue weighted by Crippen LogP contribution is -2.68. The van der Waals surface area contributed by atoms with Crippen molar-refractivity contribution in [3.05, 3.63) is 11.1 Å². The van der Waals surface area contributed by atoms with E-state index >= 15 is 0 Å². The number of carbonyl (C=O) groups is 3. The van der Waals surface area contributed by atoms with Crippen molar-refractivity contribution in [1.29, 1.82) is 0 Å². The topological polar surface area (TPSA) is 168 Å². The van der Waals surface area contributed by atoms with Gasteiger partial charge >= 0.3 is 5.97 Å². The third kappa shape index (κ3) is 3.98. The number of nitrogens with two attached hydrogens (primary N) is 1. The maximum atomic E-state index is 12.7. The van der Waals surface area contributed by atoms with Gasteiger partial charge in [0, 0.05) is 25.0 Å². The minimum atomic E-state index is -1.40. The highest BCUT2D eigenvalue weighted by Crippen LogP contribution is 2.48. The molecule has 4 atom stereocenters. The van der Waals surface area contributed by atoms with E-state index in [2.05, 4.69) is 26.2 Å². The van der Waals surface area contributed by atoms with Crippen molar-refractivity contribution in [3.63, 3.8) is 0 Å². The molecule has 0 saturated carbocycles. The Balaban J connectivity index is 1.53. The van der Waals surface area contributed by atoms with Crippen molar-refractivity contribution in [2.75, 3.05) is 12.3 Å². The van der Waals surface area contributed by atoms with E-state index in [4.69, 9.17) is 5.73 Å². The van der Waals surface area contributed by atoms with Gasteiger partial charge < -0.3 is 26.4 Å². The number of carbonyl (C=O) groups excluding carboxylic acids is 2. The smallest absolute Gasteiger partial charge is 0.315 e. The highest BCUT2D eigenvalue weighted by molar-refractivity contribution is 8.02. The summed E-state index contributed by atoms with van der Waals surface area (Å²) in [6.45, 7) is 0.0176. The molecule has 162 valence electrons. The maximum Gasteiger partial charge on any atom is 0.315 e. The summed E-state index contributed by atoms with van der Waals surface area (Å²) < 4.78 is 1.44. The zero-order valence-electron chi connectivity index (χ0n) is 15.8. The summed E-state index contributed by atoms with van der Waals surface area (Å²) in [5.41, 5.74) is 4.75. The van der Waals surface area contributed by atoms with E-state index in [0.29, 0.717) is 17.3 Å². The van der Waals surface area contributed by atoms with E-state index in [9.17, 15) is 19.5 Å². The molecule has 12 nitrogen and oxygen atoms in total. The lowest BCUT2D eigenvalue weighted by atomic mass is 9.87. The van der Waals surface area contributed by atoms with Gasteiger partial charge in [0.05, 0.1) is 23.6 Å². The summed E-state index contributed by atoms with van der Waals surface area (Å²) in [5, 5.41) is 28.6. The molecule has 2 fully saturated rings. The molecular formula is C15H20N8O4S3. The molecule has 0 aliphatic carbocycles. The fraction of sp³-hybridized carbons (Fsp3) is 0.600. The number of aromatic nitrogens is 4. The van der Waals surface area contributed by atoms with E-state index < -0.39 is 16.8 Å². The highest BCUT2D eigenvalue weighted by atomic mass is 32.2. The Morgan fingerprint density at radius 3 is 2.93 bits per heavy atom. The predicted molar refractivity (Wildman–Crippen MR) is 111 cm³/mol. The fourth-order valence-electron chi connectivity index (χ4n) is 3.35. The van der Waals surface area contributed by atoms with Crippen LogP contribution in [-0.4, -0.2) is 76.5 Å². The van der Waals surface area contributed by atoms with E-state index in [1.54, 1.807) is 17.4 Å². The number of thioether (sulfide) groups is 3. The van der Waals surface area contributed by atoms with Crippen LogP contribution < -0.4 is 16.4 Å². The lowest BCUT2D eigenvalue weighted by Gasteiger charge is -2.53. The monoisotopic (exact) mass is 472 g/mol. The molecule has 0 bridgehead atoms. The van der Waals surface area contributed by atoms with Crippen molar-refractivity contribution >= 4 is 53.1 Å². The number of aliphatic carboxylic acids is 1. The number of tetrazole rings is 1. The first-order valence-electron chi connectivity index (χ1n) is 8.98. The average molecular weight is 473 g/mol. The molecule has 3 aliphatic rings. The summed E-state index contributed by atoms with van der Waals surface area (Å²) in [5.74, 6) is -1.39. The lowest BCUT2D eigenvalue weighted by molar-refractivity contribution is -0.156. The normalized spacial score (nSPS) is 30.2. The molecule has 4 rings (SSSR count). The van der Waals surface area contributed by atoms with Gasteiger partial charge in [0.15, 0.2) is 0 Å². The largest absolute Gasteiger partial charge is 0.481 e. The minimum Gasteiger partial charge on any atom is -0.481 e. The molecule has 0 radical (unpaired) electrons. The van der Waals surface area contributed by atoms with Crippen LogP contribution in [0.1, 0.15) is 12.8 Å². The molecule has 2 saturated heterocycles. The van der Waals surface area contributed by atoms with Gasteiger partial charge in [0.25, 0.3) is 0 Å². The molecule has 0 aromatic carbocycles. The Labute approximate surface area is 184 Å². The zero-order chi connectivity index (χ0) is 21.5. The van der Waals surface area contributed by atoms with Gasteiger partial charge in [-0.05, 0) is 15.8 Å². The summed E-state index contributed by atoms with van der Waals surface area (Å²) in [4.78, 5) is 38.7. The van der Waals surface area contributed by atoms with Crippen molar-refractivity contribution in [3.8, 4) is 0 Å². The number of amides is 2. The van der Waals surface area contributed by atoms with Crippen LogP contribution in [0.25, 0.3) is 0 Å². The summed E-state index contributed by atoms with van der Waals surface area (Å²) in [7, 11) is 1.66. The number of nitrogens with one attached hydrogen (secondary N) is 2. The second-order valence-electron chi connectivity index (χ2n) is 7.12. The van der Waals surface area contributed by atoms with E-state index in [-0.39, 0.29) is 41.4 Å². The average Bonchev–Trinajstić information content (AvgIpc) is 3.28. The number of carboxylic acid groups (broad SMARTS) is 1. The van der Waals surface area contributed by atoms with Gasteiger partial charge in [-0.2, -0.15) is 0 Å². The van der Waals surface area contributed by atoms with Gasteiger partial charge in [0.2, 0.25) is 17.0 Å². The van der Waals surface area contributed by atoms with Crippen molar-refractivity contribution in [1.82, 2.24) is 35.7 Å². The van der Waals surface area contributed by atoms with Crippen LogP contribution >= 0.6 is 35.3 Å². The Morgan fingerprint density at radius 2 is 2.33 bits per heavy atom. The number of rotatable bonds is 7. The highest BCUT2D eigenvalue weighted by Gasteiger charge is 2.58. The minimum absolute atomic E-state index is 0.0176. The molecule has 2 amide bonds. The van der Waals surface area contributed by atoms with Crippen molar-refractivity contribution in [2.45, 2.75) is 34.2 Å². The summed E-state index contributed by atoms with van der Waals surface area (Å²) in [6, 6.07) is 0. The van der Waals surface area contributed by atoms with Gasteiger partial charge in [-0.1, -0.05) is 23.5 Å². The predicted octanol–water partition coefficient (Wildman–Crippen LogP) is -1.07. The third-order valence-corrected chi connectivity index (χ3v) is 8.73. The number of β-lactam (4-membered cyclic amide) rings is 1. The van der Waals surface area contributed by atoms with E-state index in [0.717, 1.165) is 0 Å². The van der Waals surface area contributed by atoms with Crippen molar-refractivity contribution in [2.24, 2.45) is 18.2 Å². The van der Waals surface area contributed by atoms with Crippen molar-refractivity contribution < 1.29 is 19.5 Å². The molecule has 30 heavy (non-hydrogen) atoms. The van der Waals surface area contributed by atoms with Crippen LogP contribution in [0.5, 0.6) is 0 Å². The van der Waals surface area contributed by atoms with E-state index in [1.165, 1.54) is 40.0 Å². The molecular weight excluding hydrogens is 452 g/mol. The molecule has 4 heterocycles. The van der Waals surface area contributed by atoms with Crippen LogP contribution in [-0.2, 0) is 21.4 Å². The van der Waals surface area contributed by atoms with Gasteiger partial charge in [-0.3, -0.25) is 14.4 Å². The Hall–Kier alpha value is -1.97. The molecule has 15 heteroatoms. The number of fused-ring (bicyclic) bond motifs is 1. The maximum absolute atomic E-state index is 12.7. The van der Waals surface area contributed by atoms with Crippen LogP contribution in [0.15, 0.2) is 16.3 Å². The molecule has 1 aromatic rings. The second kappa shape index (κ2) is 8.28. The molecule has 3 aliphatic heterocycles. The quantitative estimate of drug-likeness (QED) is 0.280. The van der Waals surface area contributed by atoms with Crippen LogP contribution in [0, 0.1) is 5.41 Å². The summed E-state index contributed by atoms with van der Waals surface area (Å²) >= 11 is 3.85. The van der Waals surface area contributed by atoms with Crippen LogP contribution in [0.2, 0.25) is 0 Å². The second-order valence-corrected chi connectivity index (χ2v) is 10.4. The van der Waals surface area contributed by atoms with Gasteiger partial charge in [-0.15, -0.1) is 16.9 Å². The first kappa shape index (κ1) is 21.3. The number of hydrogen-bond donors (Lipinski definition) is 4. The van der Waals surface area contributed by atoms with Gasteiger partial charge in [-0.25, -0.2) is 4.68 Å². The van der Waals surface area contributed by atoms with Gasteiger partial charge in [0.1, 0.15) is 10.9 Å². The Kier molecular flexibility index (Phi) is 5.87. The number of hydrogen-bond acceptors (Lipinski definition) is 11. The SMILES string of the molecule is Cn1nnnc1SCC1(C(=O)O)CN2C(=O)C[C@H]2SC1NC(=O)CC1=CSC(N)N1. The first-order chi connectivity index (χ1) is 14.3. The fourth-order valence-corrected chi connectivity index (χ4v) is 6.84.